The maximum absolute atomic E-state index is 12.9. The van der Waals surface area contributed by atoms with Gasteiger partial charge < -0.3 is 10.6 Å². The highest BCUT2D eigenvalue weighted by atomic mass is 16.2. The van der Waals surface area contributed by atoms with E-state index in [0.29, 0.717) is 16.9 Å². The molecule has 3 rings (SSSR count). The lowest BCUT2D eigenvalue weighted by Crippen LogP contribution is -2.42. The van der Waals surface area contributed by atoms with Gasteiger partial charge in [-0.25, -0.2) is 4.79 Å². The molecular weight excluding hydrogens is 344 g/mol. The third-order valence-corrected chi connectivity index (χ3v) is 4.72. The Hall–Kier alpha value is -3.22. The Kier molecular flexibility index (Phi) is 4.70. The molecule has 1 aliphatic heterocycles. The summed E-state index contributed by atoms with van der Waals surface area (Å²) in [4.78, 5) is 43.0. The van der Waals surface area contributed by atoms with Gasteiger partial charge in [0.15, 0.2) is 0 Å². The molecule has 0 spiro atoms. The Morgan fingerprint density at radius 3 is 2.48 bits per heavy atom. The summed E-state index contributed by atoms with van der Waals surface area (Å²) in [5.74, 6) is -0.906. The highest BCUT2D eigenvalue weighted by Gasteiger charge is 2.49. The van der Waals surface area contributed by atoms with Crippen molar-refractivity contribution in [2.24, 2.45) is 0 Å². The Morgan fingerprint density at radius 2 is 1.85 bits per heavy atom. The van der Waals surface area contributed by atoms with Crippen LogP contribution in [0.5, 0.6) is 0 Å². The van der Waals surface area contributed by atoms with Crippen LogP contribution in [0.4, 0.5) is 10.5 Å². The SMILES string of the molecule is Cc1cc(C)c(NC(=O)CN2C(=O)NC(C)(c3ccccc3)C2=O)c(C)n1. The molecule has 0 aliphatic carbocycles. The Labute approximate surface area is 157 Å². The molecule has 0 saturated carbocycles. The van der Waals surface area contributed by atoms with Crippen LogP contribution in [-0.2, 0) is 15.1 Å². The highest BCUT2D eigenvalue weighted by molar-refractivity contribution is 6.10. The Balaban J connectivity index is 1.77. The fourth-order valence-corrected chi connectivity index (χ4v) is 3.34. The van der Waals surface area contributed by atoms with E-state index < -0.39 is 23.4 Å². The second kappa shape index (κ2) is 6.83. The molecule has 4 amide bonds. The number of pyridine rings is 1. The van der Waals surface area contributed by atoms with Crippen molar-refractivity contribution < 1.29 is 14.4 Å². The topological polar surface area (TPSA) is 91.4 Å². The average molecular weight is 366 g/mol. The molecule has 1 saturated heterocycles. The zero-order valence-corrected chi connectivity index (χ0v) is 15.8. The van der Waals surface area contributed by atoms with E-state index in [4.69, 9.17) is 0 Å². The second-order valence-corrected chi connectivity index (χ2v) is 6.90. The van der Waals surface area contributed by atoms with Crippen molar-refractivity contribution in [3.8, 4) is 0 Å². The summed E-state index contributed by atoms with van der Waals surface area (Å²) < 4.78 is 0. The maximum Gasteiger partial charge on any atom is 0.325 e. The molecule has 1 unspecified atom stereocenters. The smallest absolute Gasteiger partial charge is 0.323 e. The minimum absolute atomic E-state index is 0.361. The number of amides is 4. The summed E-state index contributed by atoms with van der Waals surface area (Å²) in [5.41, 5.74) is 2.50. The van der Waals surface area contributed by atoms with E-state index in [9.17, 15) is 14.4 Å². The van der Waals surface area contributed by atoms with Crippen LogP contribution in [-0.4, -0.2) is 34.3 Å². The normalized spacial score (nSPS) is 19.2. The number of anilines is 1. The van der Waals surface area contributed by atoms with Gasteiger partial charge in [0, 0.05) is 5.69 Å². The predicted molar refractivity (Wildman–Crippen MR) is 101 cm³/mol. The summed E-state index contributed by atoms with van der Waals surface area (Å²) in [5, 5.41) is 5.46. The molecule has 1 aromatic carbocycles. The fraction of sp³-hybridized carbons (Fsp3) is 0.300. The van der Waals surface area contributed by atoms with Gasteiger partial charge in [-0.15, -0.1) is 0 Å². The molecule has 0 radical (unpaired) electrons. The number of imide groups is 1. The van der Waals surface area contributed by atoms with E-state index in [1.807, 2.05) is 26.0 Å². The quantitative estimate of drug-likeness (QED) is 0.813. The second-order valence-electron chi connectivity index (χ2n) is 6.90. The van der Waals surface area contributed by atoms with Gasteiger partial charge in [0.1, 0.15) is 12.1 Å². The molecule has 2 aromatic rings. The number of carbonyl (C=O) groups excluding carboxylic acids is 3. The molecule has 7 heteroatoms. The molecule has 2 N–H and O–H groups in total. The molecule has 7 nitrogen and oxygen atoms in total. The fourth-order valence-electron chi connectivity index (χ4n) is 3.34. The first-order valence-corrected chi connectivity index (χ1v) is 8.66. The molecule has 1 atom stereocenters. The highest BCUT2D eigenvalue weighted by Crippen LogP contribution is 2.28. The van der Waals surface area contributed by atoms with Gasteiger partial charge in [-0.2, -0.15) is 0 Å². The van der Waals surface area contributed by atoms with Crippen LogP contribution in [0.3, 0.4) is 0 Å². The van der Waals surface area contributed by atoms with Crippen molar-refractivity contribution in [1.29, 1.82) is 0 Å². The average Bonchev–Trinajstić information content (AvgIpc) is 2.83. The van der Waals surface area contributed by atoms with Gasteiger partial charge in [-0.1, -0.05) is 30.3 Å². The van der Waals surface area contributed by atoms with E-state index >= 15 is 0 Å². The first kappa shape index (κ1) is 18.6. The molecule has 1 fully saturated rings. The molecule has 1 aliphatic rings. The van der Waals surface area contributed by atoms with Gasteiger partial charge in [0.2, 0.25) is 5.91 Å². The minimum Gasteiger partial charge on any atom is -0.323 e. The van der Waals surface area contributed by atoms with Crippen LogP contribution in [0.15, 0.2) is 36.4 Å². The third kappa shape index (κ3) is 3.40. The Morgan fingerprint density at radius 1 is 1.19 bits per heavy atom. The first-order chi connectivity index (χ1) is 12.7. The third-order valence-electron chi connectivity index (χ3n) is 4.72. The number of hydrogen-bond donors (Lipinski definition) is 2. The number of benzene rings is 1. The number of rotatable bonds is 4. The van der Waals surface area contributed by atoms with Gasteiger partial charge >= 0.3 is 6.03 Å². The van der Waals surface area contributed by atoms with Crippen molar-refractivity contribution in [2.75, 3.05) is 11.9 Å². The summed E-state index contributed by atoms with van der Waals surface area (Å²) in [7, 11) is 0. The maximum atomic E-state index is 12.9. The monoisotopic (exact) mass is 366 g/mol. The van der Waals surface area contributed by atoms with Gasteiger partial charge in [0.05, 0.1) is 11.4 Å². The first-order valence-electron chi connectivity index (χ1n) is 8.66. The Bertz CT molecular complexity index is 903. The number of nitrogens with one attached hydrogen (secondary N) is 2. The number of carbonyl (C=O) groups is 3. The van der Waals surface area contributed by atoms with Crippen molar-refractivity contribution in [2.45, 2.75) is 33.2 Å². The molecule has 0 bridgehead atoms. The summed E-state index contributed by atoms with van der Waals surface area (Å²) >= 11 is 0. The van der Waals surface area contributed by atoms with Crippen molar-refractivity contribution >= 4 is 23.5 Å². The lowest BCUT2D eigenvalue weighted by atomic mass is 9.92. The number of nitrogens with zero attached hydrogens (tertiary/aromatic N) is 2. The van der Waals surface area contributed by atoms with Crippen LogP contribution in [0.2, 0.25) is 0 Å². The van der Waals surface area contributed by atoms with E-state index in [-0.39, 0.29) is 6.54 Å². The zero-order valence-electron chi connectivity index (χ0n) is 15.8. The van der Waals surface area contributed by atoms with Crippen molar-refractivity contribution in [3.05, 3.63) is 58.9 Å². The van der Waals surface area contributed by atoms with Crippen LogP contribution in [0.25, 0.3) is 0 Å². The molecule has 27 heavy (non-hydrogen) atoms. The lowest BCUT2D eigenvalue weighted by Gasteiger charge is -2.22. The molecule has 140 valence electrons. The van der Waals surface area contributed by atoms with E-state index in [1.165, 1.54) is 0 Å². The van der Waals surface area contributed by atoms with E-state index in [0.717, 1.165) is 16.2 Å². The largest absolute Gasteiger partial charge is 0.325 e. The number of aryl methyl sites for hydroxylation is 3. The van der Waals surface area contributed by atoms with Crippen LogP contribution in [0, 0.1) is 20.8 Å². The predicted octanol–water partition coefficient (Wildman–Crippen LogP) is 2.41. The van der Waals surface area contributed by atoms with Gasteiger partial charge in [0.25, 0.3) is 5.91 Å². The molecule has 1 aromatic heterocycles. The number of aromatic nitrogens is 1. The minimum atomic E-state index is -1.18. The number of urea groups is 1. The van der Waals surface area contributed by atoms with Crippen LogP contribution >= 0.6 is 0 Å². The van der Waals surface area contributed by atoms with Gasteiger partial charge in [-0.05, 0) is 44.9 Å². The van der Waals surface area contributed by atoms with Gasteiger partial charge in [-0.3, -0.25) is 19.5 Å². The molecular formula is C20H22N4O3. The lowest BCUT2D eigenvalue weighted by molar-refractivity contribution is -0.133. The van der Waals surface area contributed by atoms with Crippen molar-refractivity contribution in [1.82, 2.24) is 15.2 Å². The van der Waals surface area contributed by atoms with Crippen LogP contribution < -0.4 is 10.6 Å². The standard InChI is InChI=1S/C20H22N4O3/c1-12-10-13(2)21-14(3)17(12)22-16(25)11-24-18(26)20(4,23-19(24)27)15-8-6-5-7-9-15/h5-10H,11H2,1-4H3,(H,22,25)(H,23,27). The van der Waals surface area contributed by atoms with E-state index in [1.54, 1.807) is 38.1 Å². The summed E-state index contributed by atoms with van der Waals surface area (Å²) in [6, 6.07) is 10.2. The summed E-state index contributed by atoms with van der Waals surface area (Å²) in [6.45, 7) is 6.83. The van der Waals surface area contributed by atoms with Crippen molar-refractivity contribution in [3.63, 3.8) is 0 Å². The molecule has 2 heterocycles. The summed E-state index contributed by atoms with van der Waals surface area (Å²) in [6.07, 6.45) is 0. The number of hydrogen-bond acceptors (Lipinski definition) is 4. The van der Waals surface area contributed by atoms with Crippen LogP contribution in [0.1, 0.15) is 29.4 Å². The zero-order chi connectivity index (χ0) is 19.8. The van der Waals surface area contributed by atoms with E-state index in [2.05, 4.69) is 15.6 Å².